The van der Waals surface area contributed by atoms with Crippen molar-refractivity contribution in [2.45, 2.75) is 58.3 Å². The molecule has 0 nitrogen and oxygen atoms in total. The van der Waals surface area contributed by atoms with Gasteiger partial charge in [0, 0.05) is 5.56 Å². The fourth-order valence-corrected chi connectivity index (χ4v) is 3.82. The molecule has 0 amide bonds. The van der Waals surface area contributed by atoms with Crippen LogP contribution in [0, 0.1) is 11.6 Å². The second kappa shape index (κ2) is 10.9. The maximum absolute atomic E-state index is 15.0. The average Bonchev–Trinajstić information content (AvgIpc) is 2.74. The first-order chi connectivity index (χ1) is 14.2. The van der Waals surface area contributed by atoms with Gasteiger partial charge < -0.3 is 0 Å². The van der Waals surface area contributed by atoms with Gasteiger partial charge in [-0.1, -0.05) is 94.0 Å². The van der Waals surface area contributed by atoms with Crippen molar-refractivity contribution in [1.82, 2.24) is 0 Å². The number of aryl methyl sites for hydroxylation is 1. The number of hydrogen-bond acceptors (Lipinski definition) is 0. The molecule has 0 aliphatic rings. The molecule has 0 saturated heterocycles. The predicted molar refractivity (Wildman–Crippen MR) is 119 cm³/mol. The molecule has 152 valence electrons. The van der Waals surface area contributed by atoms with Gasteiger partial charge in [0.05, 0.1) is 0 Å². The summed E-state index contributed by atoms with van der Waals surface area (Å²) in [5, 5.41) is 0. The topological polar surface area (TPSA) is 0 Å². The van der Waals surface area contributed by atoms with E-state index in [0.717, 1.165) is 35.1 Å². The van der Waals surface area contributed by atoms with E-state index in [1.165, 1.54) is 50.7 Å². The van der Waals surface area contributed by atoms with Crippen LogP contribution in [0.3, 0.4) is 0 Å². The van der Waals surface area contributed by atoms with E-state index in [4.69, 9.17) is 0 Å². The molecular weight excluding hydrogens is 362 g/mol. The van der Waals surface area contributed by atoms with Gasteiger partial charge in [0.25, 0.3) is 0 Å². The molecule has 0 unspecified atom stereocenters. The minimum Gasteiger partial charge on any atom is -0.207 e. The average molecular weight is 393 g/mol. The molecule has 2 heteroatoms. The number of benzene rings is 3. The SMILES string of the molecule is CCCCCCCCCc1ccc(-c2ccccc2-c2ccc(F)cc2)c(F)c1. The van der Waals surface area contributed by atoms with Crippen LogP contribution in [0.1, 0.15) is 57.4 Å². The van der Waals surface area contributed by atoms with Crippen molar-refractivity contribution >= 4 is 0 Å². The summed E-state index contributed by atoms with van der Waals surface area (Å²) in [6.45, 7) is 2.23. The minimum atomic E-state index is -0.271. The van der Waals surface area contributed by atoms with Crippen molar-refractivity contribution in [2.24, 2.45) is 0 Å². The van der Waals surface area contributed by atoms with E-state index >= 15 is 0 Å². The molecule has 0 heterocycles. The van der Waals surface area contributed by atoms with E-state index in [1.54, 1.807) is 18.2 Å². The Morgan fingerprint density at radius 3 is 1.97 bits per heavy atom. The summed E-state index contributed by atoms with van der Waals surface area (Å²) < 4.78 is 28.2. The second-order valence-corrected chi connectivity index (χ2v) is 7.74. The molecule has 0 bridgehead atoms. The first kappa shape index (κ1) is 21.2. The maximum Gasteiger partial charge on any atom is 0.131 e. The summed E-state index contributed by atoms with van der Waals surface area (Å²) in [6.07, 6.45) is 9.74. The van der Waals surface area contributed by atoms with Gasteiger partial charge >= 0.3 is 0 Å². The Morgan fingerprint density at radius 1 is 0.621 bits per heavy atom. The first-order valence-corrected chi connectivity index (χ1v) is 10.8. The smallest absolute Gasteiger partial charge is 0.131 e. The van der Waals surface area contributed by atoms with Crippen LogP contribution in [0.4, 0.5) is 8.78 Å². The van der Waals surface area contributed by atoms with Crippen molar-refractivity contribution in [2.75, 3.05) is 0 Å². The number of rotatable bonds is 10. The molecule has 0 N–H and O–H groups in total. The number of unbranched alkanes of at least 4 members (excludes halogenated alkanes) is 6. The van der Waals surface area contributed by atoms with Crippen LogP contribution in [0.2, 0.25) is 0 Å². The van der Waals surface area contributed by atoms with E-state index in [0.29, 0.717) is 5.56 Å². The zero-order valence-corrected chi connectivity index (χ0v) is 17.3. The third-order valence-electron chi connectivity index (χ3n) is 5.47. The van der Waals surface area contributed by atoms with Crippen LogP contribution in [0.15, 0.2) is 66.7 Å². The van der Waals surface area contributed by atoms with Crippen molar-refractivity contribution in [3.8, 4) is 22.3 Å². The monoisotopic (exact) mass is 392 g/mol. The number of halogens is 2. The lowest BCUT2D eigenvalue weighted by Crippen LogP contribution is -1.93. The molecule has 0 atom stereocenters. The standard InChI is InChI=1S/C27H30F2/c1-2-3-4-5-6-7-8-11-21-14-19-26(27(29)20-21)25-13-10-9-12-24(25)22-15-17-23(28)18-16-22/h9-10,12-20H,2-8,11H2,1H3. The van der Waals surface area contributed by atoms with Crippen LogP contribution in [-0.2, 0) is 6.42 Å². The Balaban J connectivity index is 1.69. The minimum absolute atomic E-state index is 0.194. The largest absolute Gasteiger partial charge is 0.207 e. The molecule has 29 heavy (non-hydrogen) atoms. The molecule has 0 fully saturated rings. The Labute approximate surface area is 173 Å². The van der Waals surface area contributed by atoms with Gasteiger partial charge in [-0.15, -0.1) is 0 Å². The third-order valence-corrected chi connectivity index (χ3v) is 5.47. The molecule has 0 aliphatic heterocycles. The summed E-state index contributed by atoms with van der Waals surface area (Å²) in [5.74, 6) is -0.466. The molecule has 0 spiro atoms. The summed E-state index contributed by atoms with van der Waals surface area (Å²) in [5.41, 5.74) is 4.27. The van der Waals surface area contributed by atoms with E-state index in [-0.39, 0.29) is 11.6 Å². The van der Waals surface area contributed by atoms with Gasteiger partial charge in [-0.3, -0.25) is 0 Å². The van der Waals surface area contributed by atoms with Crippen LogP contribution < -0.4 is 0 Å². The zero-order chi connectivity index (χ0) is 20.5. The van der Waals surface area contributed by atoms with E-state index < -0.39 is 0 Å². The Hall–Kier alpha value is -2.48. The lowest BCUT2D eigenvalue weighted by Gasteiger charge is -2.12. The van der Waals surface area contributed by atoms with Crippen LogP contribution in [-0.4, -0.2) is 0 Å². The highest BCUT2D eigenvalue weighted by atomic mass is 19.1. The quantitative estimate of drug-likeness (QED) is 0.303. The molecule has 3 aromatic rings. The predicted octanol–water partition coefficient (Wildman–Crippen LogP) is 8.59. The fourth-order valence-electron chi connectivity index (χ4n) is 3.82. The Bertz CT molecular complexity index is 897. The lowest BCUT2D eigenvalue weighted by molar-refractivity contribution is 0.587. The molecular formula is C27H30F2. The van der Waals surface area contributed by atoms with Gasteiger partial charge in [0.2, 0.25) is 0 Å². The number of hydrogen-bond donors (Lipinski definition) is 0. The van der Waals surface area contributed by atoms with Gasteiger partial charge in [-0.25, -0.2) is 8.78 Å². The first-order valence-electron chi connectivity index (χ1n) is 10.8. The summed E-state index contributed by atoms with van der Waals surface area (Å²) in [4.78, 5) is 0. The zero-order valence-electron chi connectivity index (χ0n) is 17.3. The van der Waals surface area contributed by atoms with Gasteiger partial charge in [0.1, 0.15) is 11.6 Å². The van der Waals surface area contributed by atoms with E-state index in [9.17, 15) is 8.78 Å². The summed E-state index contributed by atoms with van der Waals surface area (Å²) in [7, 11) is 0. The van der Waals surface area contributed by atoms with Crippen molar-refractivity contribution < 1.29 is 8.78 Å². The highest BCUT2D eigenvalue weighted by Gasteiger charge is 2.12. The van der Waals surface area contributed by atoms with Crippen molar-refractivity contribution in [1.29, 1.82) is 0 Å². The molecule has 3 rings (SSSR count). The van der Waals surface area contributed by atoms with Crippen LogP contribution in [0.5, 0.6) is 0 Å². The molecule has 0 radical (unpaired) electrons. The van der Waals surface area contributed by atoms with Crippen LogP contribution >= 0.6 is 0 Å². The van der Waals surface area contributed by atoms with E-state index in [2.05, 4.69) is 6.92 Å². The second-order valence-electron chi connectivity index (χ2n) is 7.74. The van der Waals surface area contributed by atoms with E-state index in [1.807, 2.05) is 36.4 Å². The van der Waals surface area contributed by atoms with Crippen molar-refractivity contribution in [3.63, 3.8) is 0 Å². The Kier molecular flexibility index (Phi) is 7.98. The van der Waals surface area contributed by atoms with Gasteiger partial charge in [0.15, 0.2) is 0 Å². The molecule has 0 aromatic heterocycles. The van der Waals surface area contributed by atoms with Gasteiger partial charge in [-0.05, 0) is 53.3 Å². The van der Waals surface area contributed by atoms with Crippen molar-refractivity contribution in [3.05, 3.63) is 83.9 Å². The Morgan fingerprint density at radius 2 is 1.28 bits per heavy atom. The third kappa shape index (κ3) is 6.00. The molecule has 3 aromatic carbocycles. The molecule has 0 saturated carbocycles. The summed E-state index contributed by atoms with van der Waals surface area (Å²) in [6, 6.07) is 19.7. The summed E-state index contributed by atoms with van der Waals surface area (Å²) >= 11 is 0. The van der Waals surface area contributed by atoms with Gasteiger partial charge in [-0.2, -0.15) is 0 Å². The lowest BCUT2D eigenvalue weighted by atomic mass is 9.93. The normalized spacial score (nSPS) is 11.0. The molecule has 0 aliphatic carbocycles. The van der Waals surface area contributed by atoms with Crippen LogP contribution in [0.25, 0.3) is 22.3 Å². The fraction of sp³-hybridized carbons (Fsp3) is 0.333. The maximum atomic E-state index is 15.0. The highest BCUT2D eigenvalue weighted by Crippen LogP contribution is 2.34. The highest BCUT2D eigenvalue weighted by molar-refractivity contribution is 5.83.